The normalized spacial score (nSPS) is 19.1. The van der Waals surface area contributed by atoms with Gasteiger partial charge in [-0.2, -0.15) is 5.48 Å². The van der Waals surface area contributed by atoms with Gasteiger partial charge in [-0.25, -0.2) is 0 Å². The van der Waals surface area contributed by atoms with Crippen LogP contribution >= 0.6 is 0 Å². The van der Waals surface area contributed by atoms with Crippen molar-refractivity contribution in [2.24, 2.45) is 0 Å². The van der Waals surface area contributed by atoms with Crippen molar-refractivity contribution in [2.45, 2.75) is 32.0 Å². The Morgan fingerprint density at radius 2 is 1.89 bits per heavy atom. The van der Waals surface area contributed by atoms with Gasteiger partial charge in [0.15, 0.2) is 0 Å². The average molecular weight is 253 g/mol. The summed E-state index contributed by atoms with van der Waals surface area (Å²) in [5.74, 6) is 0. The molecule has 1 aliphatic heterocycles. The van der Waals surface area contributed by atoms with Crippen LogP contribution in [-0.2, 0) is 14.2 Å². The van der Waals surface area contributed by atoms with Crippen molar-refractivity contribution in [1.82, 2.24) is 5.48 Å². The van der Waals surface area contributed by atoms with E-state index in [9.17, 15) is 5.21 Å². The van der Waals surface area contributed by atoms with Crippen LogP contribution in [0, 0.1) is 0 Å². The summed E-state index contributed by atoms with van der Waals surface area (Å²) in [5, 5.41) is 9.29. The zero-order valence-corrected chi connectivity index (χ0v) is 10.6. The molecule has 0 spiro atoms. The van der Waals surface area contributed by atoms with Gasteiger partial charge in [0.2, 0.25) is 0 Å². The number of hydroxylamine groups is 1. The molecule has 0 bridgehead atoms. The Kier molecular flexibility index (Phi) is 4.31. The van der Waals surface area contributed by atoms with Gasteiger partial charge in [-0.05, 0) is 19.4 Å². The second-order valence-corrected chi connectivity index (χ2v) is 4.79. The Balaban J connectivity index is 2.17. The number of ether oxygens (including phenoxy) is 3. The third-order valence-electron chi connectivity index (χ3n) is 2.88. The smallest absolute Gasteiger partial charge is 0.272 e. The largest absolute Gasteiger partial charge is 0.327 e. The van der Waals surface area contributed by atoms with Crippen molar-refractivity contribution in [2.75, 3.05) is 13.2 Å². The number of hydrogen-bond acceptors (Lipinski definition) is 5. The Labute approximate surface area is 107 Å². The molecular formula is C13H19NO4. The average Bonchev–Trinajstić information content (AvgIpc) is 2.90. The molecule has 1 heterocycles. The van der Waals surface area contributed by atoms with Gasteiger partial charge in [-0.3, -0.25) is 0 Å². The van der Waals surface area contributed by atoms with Crippen molar-refractivity contribution in [3.63, 3.8) is 0 Å². The summed E-state index contributed by atoms with van der Waals surface area (Å²) in [6.07, 6.45) is -0.383. The van der Waals surface area contributed by atoms with E-state index in [1.165, 1.54) is 0 Å². The first-order valence-electron chi connectivity index (χ1n) is 5.98. The first-order chi connectivity index (χ1) is 8.63. The van der Waals surface area contributed by atoms with Crippen molar-refractivity contribution in [3.8, 4) is 0 Å². The maximum absolute atomic E-state index is 9.29. The third kappa shape index (κ3) is 3.07. The molecule has 100 valence electrons. The van der Waals surface area contributed by atoms with E-state index in [1.54, 1.807) is 0 Å². The zero-order valence-electron chi connectivity index (χ0n) is 10.6. The van der Waals surface area contributed by atoms with Gasteiger partial charge < -0.3 is 19.4 Å². The van der Waals surface area contributed by atoms with Crippen molar-refractivity contribution < 1.29 is 19.4 Å². The van der Waals surface area contributed by atoms with Crippen LogP contribution in [0.2, 0.25) is 0 Å². The molecule has 0 amide bonds. The number of benzene rings is 1. The third-order valence-corrected chi connectivity index (χ3v) is 2.88. The molecule has 1 fully saturated rings. The summed E-state index contributed by atoms with van der Waals surface area (Å²) in [5.41, 5.74) is 2.57. The molecule has 1 aliphatic rings. The van der Waals surface area contributed by atoms with E-state index in [1.807, 2.05) is 44.2 Å². The van der Waals surface area contributed by atoms with E-state index >= 15 is 0 Å². The molecule has 1 unspecified atom stereocenters. The minimum atomic E-state index is -0.678. The van der Waals surface area contributed by atoms with Crippen molar-refractivity contribution >= 4 is 0 Å². The van der Waals surface area contributed by atoms with Gasteiger partial charge in [0, 0.05) is 0 Å². The molecule has 1 atom stereocenters. The molecule has 1 aromatic rings. The van der Waals surface area contributed by atoms with Crippen LogP contribution in [0.3, 0.4) is 0 Å². The lowest BCUT2D eigenvalue weighted by Crippen LogP contribution is -2.45. The Morgan fingerprint density at radius 1 is 1.28 bits per heavy atom. The second kappa shape index (κ2) is 5.77. The molecule has 1 aromatic carbocycles. The van der Waals surface area contributed by atoms with E-state index in [-0.39, 0.29) is 6.10 Å². The minimum Gasteiger partial charge on any atom is -0.327 e. The number of rotatable bonds is 5. The molecule has 0 saturated carbocycles. The SMILES string of the molecule is CC(C)(NO)C(OC1OCCO1)c1ccccc1. The van der Waals surface area contributed by atoms with Crippen LogP contribution in [0.5, 0.6) is 0 Å². The van der Waals surface area contributed by atoms with E-state index in [0.717, 1.165) is 5.56 Å². The minimum absolute atomic E-state index is 0.383. The summed E-state index contributed by atoms with van der Waals surface area (Å²) in [4.78, 5) is 0. The molecule has 5 heteroatoms. The summed E-state index contributed by atoms with van der Waals surface area (Å²) in [6.45, 7) is 4.07. The second-order valence-electron chi connectivity index (χ2n) is 4.79. The Morgan fingerprint density at radius 3 is 2.44 bits per heavy atom. The maximum atomic E-state index is 9.29. The van der Waals surface area contributed by atoms with Crippen LogP contribution in [0.25, 0.3) is 0 Å². The first kappa shape index (κ1) is 13.5. The number of nitrogens with one attached hydrogen (secondary N) is 1. The lowest BCUT2D eigenvalue weighted by Gasteiger charge is -2.34. The van der Waals surface area contributed by atoms with E-state index in [2.05, 4.69) is 5.48 Å². The predicted molar refractivity (Wildman–Crippen MR) is 65.0 cm³/mol. The lowest BCUT2D eigenvalue weighted by molar-refractivity contribution is -0.268. The predicted octanol–water partition coefficient (Wildman–Crippen LogP) is 1.83. The molecule has 5 nitrogen and oxygen atoms in total. The monoisotopic (exact) mass is 253 g/mol. The maximum Gasteiger partial charge on any atom is 0.272 e. The first-order valence-corrected chi connectivity index (χ1v) is 5.98. The summed E-state index contributed by atoms with van der Waals surface area (Å²) in [6, 6.07) is 9.67. The quantitative estimate of drug-likeness (QED) is 0.784. The standard InChI is InChI=1S/C13H19NO4/c1-13(2,14-15)11(10-6-4-3-5-7-10)18-12-16-8-9-17-12/h3-7,11-12,14-15H,8-9H2,1-2H3. The van der Waals surface area contributed by atoms with Gasteiger partial charge in [-0.15, -0.1) is 0 Å². The van der Waals surface area contributed by atoms with Gasteiger partial charge in [0.25, 0.3) is 6.48 Å². The van der Waals surface area contributed by atoms with Crippen LogP contribution in [0.1, 0.15) is 25.5 Å². The summed E-state index contributed by atoms with van der Waals surface area (Å²) in [7, 11) is 0. The molecule has 0 aliphatic carbocycles. The highest BCUT2D eigenvalue weighted by atomic mass is 16.9. The van der Waals surface area contributed by atoms with E-state index in [0.29, 0.717) is 13.2 Å². The Hall–Kier alpha value is -0.980. The highest BCUT2D eigenvalue weighted by Crippen LogP contribution is 2.31. The van der Waals surface area contributed by atoms with Crippen LogP contribution in [0.4, 0.5) is 0 Å². The van der Waals surface area contributed by atoms with Crippen LogP contribution in [-0.4, -0.2) is 30.4 Å². The molecular weight excluding hydrogens is 234 g/mol. The number of hydrogen-bond donors (Lipinski definition) is 2. The van der Waals surface area contributed by atoms with Gasteiger partial charge in [0.05, 0.1) is 18.8 Å². The van der Waals surface area contributed by atoms with Crippen LogP contribution < -0.4 is 5.48 Å². The highest BCUT2D eigenvalue weighted by molar-refractivity contribution is 5.20. The Bertz CT molecular complexity index is 363. The van der Waals surface area contributed by atoms with E-state index in [4.69, 9.17) is 14.2 Å². The van der Waals surface area contributed by atoms with Gasteiger partial charge >= 0.3 is 0 Å². The zero-order chi connectivity index (χ0) is 13.0. The highest BCUT2D eigenvalue weighted by Gasteiger charge is 2.35. The topological polar surface area (TPSA) is 60.0 Å². The van der Waals surface area contributed by atoms with Gasteiger partial charge in [0.1, 0.15) is 6.10 Å². The van der Waals surface area contributed by atoms with Crippen molar-refractivity contribution in [1.29, 1.82) is 0 Å². The molecule has 2 rings (SSSR count). The summed E-state index contributed by atoms with van der Waals surface area (Å²) >= 11 is 0. The fraction of sp³-hybridized carbons (Fsp3) is 0.538. The van der Waals surface area contributed by atoms with Gasteiger partial charge in [-0.1, -0.05) is 30.3 Å². The molecule has 18 heavy (non-hydrogen) atoms. The molecule has 0 aromatic heterocycles. The van der Waals surface area contributed by atoms with E-state index < -0.39 is 12.0 Å². The summed E-state index contributed by atoms with van der Waals surface area (Å²) < 4.78 is 16.4. The van der Waals surface area contributed by atoms with Crippen molar-refractivity contribution in [3.05, 3.63) is 35.9 Å². The molecule has 0 radical (unpaired) electrons. The lowest BCUT2D eigenvalue weighted by atomic mass is 9.92. The molecule has 1 saturated heterocycles. The molecule has 2 N–H and O–H groups in total. The fourth-order valence-electron chi connectivity index (χ4n) is 1.88. The van der Waals surface area contributed by atoms with Crippen LogP contribution in [0.15, 0.2) is 30.3 Å². The fourth-order valence-corrected chi connectivity index (χ4v) is 1.88.